The van der Waals surface area contributed by atoms with Gasteiger partial charge in [0.15, 0.2) is 25.4 Å². The molecule has 1 aromatic heterocycles. The monoisotopic (exact) mass is 491 g/mol. The molecule has 0 N–H and O–H groups in total. The molecule has 0 spiro atoms. The number of benzene rings is 2. The van der Waals surface area contributed by atoms with Crippen LogP contribution in [0.4, 0.5) is 0 Å². The van der Waals surface area contributed by atoms with E-state index in [0.717, 1.165) is 6.26 Å². The van der Waals surface area contributed by atoms with E-state index in [1.807, 2.05) is 0 Å². The van der Waals surface area contributed by atoms with Crippen LogP contribution in [0.1, 0.15) is 22.7 Å². The number of sulfone groups is 2. The van der Waals surface area contributed by atoms with Crippen molar-refractivity contribution in [1.29, 1.82) is 0 Å². The summed E-state index contributed by atoms with van der Waals surface area (Å²) in [7, 11) is -5.29. The Morgan fingerprint density at radius 3 is 2.33 bits per heavy atom. The number of carbonyl (C=O) groups excluding carboxylic acids is 1. The molecule has 0 saturated heterocycles. The van der Waals surface area contributed by atoms with E-state index in [0.29, 0.717) is 18.7 Å². The van der Waals surface area contributed by atoms with Crippen molar-refractivity contribution in [3.8, 4) is 5.75 Å². The van der Waals surface area contributed by atoms with Gasteiger partial charge in [0.25, 0.3) is 5.91 Å². The van der Waals surface area contributed by atoms with Crippen molar-refractivity contribution >= 4 is 25.6 Å². The highest BCUT2D eigenvalue weighted by Gasteiger charge is 2.20. The highest BCUT2D eigenvalue weighted by molar-refractivity contribution is 7.91. The first-order valence-electron chi connectivity index (χ1n) is 10.1. The summed E-state index contributed by atoms with van der Waals surface area (Å²) in [6.45, 7) is 0.645. The minimum Gasteiger partial charge on any atom is -0.493 e. The zero-order chi connectivity index (χ0) is 24.1. The summed E-state index contributed by atoms with van der Waals surface area (Å²) < 4.78 is 59.3. The first-order chi connectivity index (χ1) is 15.6. The van der Waals surface area contributed by atoms with Gasteiger partial charge in [-0.25, -0.2) is 16.8 Å². The van der Waals surface area contributed by atoms with Crippen molar-refractivity contribution in [2.45, 2.75) is 22.0 Å². The average Bonchev–Trinajstić information content (AvgIpc) is 3.24. The molecule has 0 bridgehead atoms. The Labute approximate surface area is 193 Å². The van der Waals surface area contributed by atoms with Crippen LogP contribution in [-0.4, -0.2) is 54.1 Å². The summed E-state index contributed by atoms with van der Waals surface area (Å²) in [4.78, 5) is 14.4. The molecule has 1 heterocycles. The van der Waals surface area contributed by atoms with E-state index in [2.05, 4.69) is 0 Å². The smallest absolute Gasteiger partial charge is 0.289 e. The predicted octanol–water partition coefficient (Wildman–Crippen LogP) is 3.20. The van der Waals surface area contributed by atoms with Crippen LogP contribution < -0.4 is 4.74 Å². The molecule has 3 rings (SSSR count). The summed E-state index contributed by atoms with van der Waals surface area (Å²) in [5.41, 5.74) is 0. The van der Waals surface area contributed by atoms with Crippen LogP contribution in [0.15, 0.2) is 80.9 Å². The van der Waals surface area contributed by atoms with Gasteiger partial charge in [0, 0.05) is 19.8 Å². The van der Waals surface area contributed by atoms with Gasteiger partial charge < -0.3 is 14.1 Å². The normalized spacial score (nSPS) is 11.8. The lowest BCUT2D eigenvalue weighted by Crippen LogP contribution is -2.28. The molecule has 0 unspecified atom stereocenters. The van der Waals surface area contributed by atoms with Gasteiger partial charge in [-0.05, 0) is 48.9 Å². The Hall–Kier alpha value is -3.11. The van der Waals surface area contributed by atoms with Gasteiger partial charge >= 0.3 is 0 Å². The van der Waals surface area contributed by atoms with Crippen LogP contribution in [0.3, 0.4) is 0 Å². The van der Waals surface area contributed by atoms with Gasteiger partial charge in [-0.15, -0.1) is 0 Å². The van der Waals surface area contributed by atoms with Crippen molar-refractivity contribution in [3.05, 3.63) is 78.3 Å². The molecule has 176 valence electrons. The molecule has 33 heavy (non-hydrogen) atoms. The fourth-order valence-corrected chi connectivity index (χ4v) is 4.97. The lowest BCUT2D eigenvalue weighted by Gasteiger charge is -2.16. The summed E-state index contributed by atoms with van der Waals surface area (Å²) in [5, 5.41) is 0. The second kappa shape index (κ2) is 10.2. The zero-order valence-corrected chi connectivity index (χ0v) is 19.9. The SMILES string of the molecule is CN(CCCOc1cccc(S(C)(=O)=O)c1)C(=O)c1ccc(CS(=O)(=O)c2ccccc2)o1. The van der Waals surface area contributed by atoms with Crippen molar-refractivity contribution in [1.82, 2.24) is 4.90 Å². The number of hydrogen-bond acceptors (Lipinski definition) is 7. The first-order valence-corrected chi connectivity index (χ1v) is 13.7. The zero-order valence-electron chi connectivity index (χ0n) is 18.3. The highest BCUT2D eigenvalue weighted by Crippen LogP contribution is 2.19. The molecule has 0 atom stereocenters. The molecule has 1 amide bonds. The second-order valence-corrected chi connectivity index (χ2v) is 11.5. The Balaban J connectivity index is 1.51. The second-order valence-electron chi connectivity index (χ2n) is 7.51. The van der Waals surface area contributed by atoms with E-state index in [-0.39, 0.29) is 39.6 Å². The molecule has 0 fully saturated rings. The summed E-state index contributed by atoms with van der Waals surface area (Å²) in [5.74, 6) is -0.0455. The maximum Gasteiger partial charge on any atom is 0.289 e. The minimum absolute atomic E-state index is 0.0533. The number of rotatable bonds is 10. The third kappa shape index (κ3) is 6.69. The molecule has 8 nitrogen and oxygen atoms in total. The number of furan rings is 1. The van der Waals surface area contributed by atoms with Crippen LogP contribution in [-0.2, 0) is 25.4 Å². The Bertz CT molecular complexity index is 1310. The third-order valence-corrected chi connectivity index (χ3v) is 7.56. The van der Waals surface area contributed by atoms with Gasteiger partial charge in [-0.3, -0.25) is 4.79 Å². The molecular formula is C23H25NO7S2. The molecule has 0 aliphatic rings. The van der Waals surface area contributed by atoms with Crippen LogP contribution >= 0.6 is 0 Å². The number of nitrogens with zero attached hydrogens (tertiary/aromatic N) is 1. The molecule has 0 radical (unpaired) electrons. The van der Waals surface area contributed by atoms with E-state index >= 15 is 0 Å². The lowest BCUT2D eigenvalue weighted by molar-refractivity contribution is 0.0754. The topological polar surface area (TPSA) is 111 Å². The fourth-order valence-electron chi connectivity index (χ4n) is 3.04. The van der Waals surface area contributed by atoms with Gasteiger partial charge in [-0.2, -0.15) is 0 Å². The third-order valence-electron chi connectivity index (χ3n) is 4.79. The van der Waals surface area contributed by atoms with E-state index in [4.69, 9.17) is 9.15 Å². The molecule has 0 saturated carbocycles. The van der Waals surface area contributed by atoms with Gasteiger partial charge in [0.1, 0.15) is 17.3 Å². The molecule has 10 heteroatoms. The molecule has 2 aromatic carbocycles. The van der Waals surface area contributed by atoms with Crippen LogP contribution in [0.2, 0.25) is 0 Å². The van der Waals surface area contributed by atoms with Crippen molar-refractivity contribution < 1.29 is 30.8 Å². The Kier molecular flexibility index (Phi) is 7.60. The number of carbonyl (C=O) groups is 1. The van der Waals surface area contributed by atoms with Crippen molar-refractivity contribution in [3.63, 3.8) is 0 Å². The van der Waals surface area contributed by atoms with Crippen LogP contribution in [0.5, 0.6) is 5.75 Å². The summed E-state index contributed by atoms with van der Waals surface area (Å²) in [6, 6.07) is 17.2. The van der Waals surface area contributed by atoms with Gasteiger partial charge in [0.05, 0.1) is 16.4 Å². The van der Waals surface area contributed by atoms with Crippen molar-refractivity contribution in [2.75, 3.05) is 26.5 Å². The molecule has 3 aromatic rings. The molecular weight excluding hydrogens is 466 g/mol. The fraction of sp³-hybridized carbons (Fsp3) is 0.261. The number of ether oxygens (including phenoxy) is 1. The van der Waals surface area contributed by atoms with Crippen molar-refractivity contribution in [2.24, 2.45) is 0 Å². The number of hydrogen-bond donors (Lipinski definition) is 0. The average molecular weight is 492 g/mol. The maximum absolute atomic E-state index is 12.6. The standard InChI is InChI=1S/C23H25NO7S2/c1-24(14-7-15-30-18-8-6-11-21(16-18)32(2,26)27)23(25)22-13-12-19(31-22)17-33(28,29)20-9-4-3-5-10-20/h3-6,8-13,16H,7,14-15,17H2,1-2H3. The summed E-state index contributed by atoms with van der Waals surface area (Å²) >= 11 is 0. The number of amides is 1. The lowest BCUT2D eigenvalue weighted by atomic mass is 10.3. The Morgan fingerprint density at radius 2 is 1.64 bits per heavy atom. The molecule has 0 aliphatic carbocycles. The quantitative estimate of drug-likeness (QED) is 0.401. The van der Waals surface area contributed by atoms with Gasteiger partial charge in [0.2, 0.25) is 0 Å². The Morgan fingerprint density at radius 1 is 0.939 bits per heavy atom. The van der Waals surface area contributed by atoms with E-state index < -0.39 is 19.7 Å². The van der Waals surface area contributed by atoms with E-state index in [1.54, 1.807) is 37.4 Å². The predicted molar refractivity (Wildman–Crippen MR) is 123 cm³/mol. The first kappa shape index (κ1) is 24.5. The van der Waals surface area contributed by atoms with E-state index in [9.17, 15) is 21.6 Å². The summed E-state index contributed by atoms with van der Waals surface area (Å²) in [6.07, 6.45) is 1.63. The highest BCUT2D eigenvalue weighted by atomic mass is 32.2. The van der Waals surface area contributed by atoms with Gasteiger partial charge in [-0.1, -0.05) is 24.3 Å². The maximum atomic E-state index is 12.6. The van der Waals surface area contributed by atoms with Crippen LogP contribution in [0.25, 0.3) is 0 Å². The largest absolute Gasteiger partial charge is 0.493 e. The van der Waals surface area contributed by atoms with Crippen LogP contribution in [0, 0.1) is 0 Å². The van der Waals surface area contributed by atoms with E-state index in [1.165, 1.54) is 41.3 Å². The molecule has 0 aliphatic heterocycles. The minimum atomic E-state index is -3.58.